The van der Waals surface area contributed by atoms with Gasteiger partial charge in [-0.05, 0) is 49.1 Å². The van der Waals surface area contributed by atoms with E-state index in [9.17, 15) is 9.59 Å². The zero-order chi connectivity index (χ0) is 19.4. The number of amides is 2. The summed E-state index contributed by atoms with van der Waals surface area (Å²) >= 11 is 6.12. The minimum Gasteiger partial charge on any atom is -0.346 e. The van der Waals surface area contributed by atoms with Crippen LogP contribution in [0.25, 0.3) is 0 Å². The van der Waals surface area contributed by atoms with Crippen molar-refractivity contribution in [2.24, 2.45) is 0 Å². The van der Waals surface area contributed by atoms with Crippen LogP contribution in [0.5, 0.6) is 0 Å². The fourth-order valence-electron chi connectivity index (χ4n) is 3.24. The number of fused-ring (bicyclic) bond motifs is 1. The van der Waals surface area contributed by atoms with Gasteiger partial charge < -0.3 is 10.6 Å². The molecule has 0 saturated heterocycles. The number of carbonyl (C=O) groups is 2. The van der Waals surface area contributed by atoms with Crippen LogP contribution in [0, 0.1) is 6.92 Å². The van der Waals surface area contributed by atoms with Crippen LogP contribution < -0.4 is 10.6 Å². The van der Waals surface area contributed by atoms with Gasteiger partial charge in [-0.1, -0.05) is 41.9 Å². The molecule has 2 aromatic rings. The Kier molecular flexibility index (Phi) is 6.14. The second-order valence-electron chi connectivity index (χ2n) is 6.91. The predicted molar refractivity (Wildman–Crippen MR) is 108 cm³/mol. The normalized spacial score (nSPS) is 14.9. The molecule has 0 aromatic heterocycles. The smallest absolute Gasteiger partial charge is 0.243 e. The molecule has 2 aromatic carbocycles. The minimum absolute atomic E-state index is 0.0855. The maximum absolute atomic E-state index is 12.5. The van der Waals surface area contributed by atoms with Crippen LogP contribution in [0.4, 0.5) is 5.69 Å². The average molecular weight is 386 g/mol. The summed E-state index contributed by atoms with van der Waals surface area (Å²) in [5.41, 5.74) is 4.16. The summed E-state index contributed by atoms with van der Waals surface area (Å²) in [7, 11) is 0. The molecule has 0 aliphatic carbocycles. The van der Waals surface area contributed by atoms with E-state index in [1.54, 1.807) is 12.1 Å². The molecule has 5 nitrogen and oxygen atoms in total. The Morgan fingerprint density at radius 3 is 2.67 bits per heavy atom. The van der Waals surface area contributed by atoms with E-state index in [1.807, 2.05) is 32.0 Å². The third-order valence-corrected chi connectivity index (χ3v) is 5.22. The number of rotatable bonds is 5. The van der Waals surface area contributed by atoms with Gasteiger partial charge in [-0.15, -0.1) is 0 Å². The van der Waals surface area contributed by atoms with Crippen molar-refractivity contribution in [3.05, 3.63) is 64.2 Å². The highest BCUT2D eigenvalue weighted by Gasteiger charge is 2.25. The third kappa shape index (κ3) is 4.87. The molecule has 0 radical (unpaired) electrons. The zero-order valence-electron chi connectivity index (χ0n) is 15.6. The lowest BCUT2D eigenvalue weighted by Crippen LogP contribution is -2.48. The Morgan fingerprint density at radius 1 is 1.19 bits per heavy atom. The van der Waals surface area contributed by atoms with Crippen molar-refractivity contribution in [2.45, 2.75) is 32.9 Å². The van der Waals surface area contributed by atoms with E-state index < -0.39 is 0 Å². The van der Waals surface area contributed by atoms with Gasteiger partial charge in [0.15, 0.2) is 0 Å². The first-order valence-electron chi connectivity index (χ1n) is 9.08. The van der Waals surface area contributed by atoms with E-state index in [-0.39, 0.29) is 24.4 Å². The standard InChI is InChI=1S/C21H24ClN3O2/c1-14-7-8-19(18(22)11-14)24-20(26)12-23-21(27)15(2)25-10-9-16-5-3-4-6-17(16)13-25/h3-8,11,15H,9-10,12-13H2,1-2H3,(H,23,27)(H,24,26). The van der Waals surface area contributed by atoms with E-state index in [0.29, 0.717) is 10.7 Å². The number of hydrogen-bond acceptors (Lipinski definition) is 3. The van der Waals surface area contributed by atoms with Crippen molar-refractivity contribution in [1.29, 1.82) is 0 Å². The maximum Gasteiger partial charge on any atom is 0.243 e. The van der Waals surface area contributed by atoms with Crippen molar-refractivity contribution < 1.29 is 9.59 Å². The zero-order valence-corrected chi connectivity index (χ0v) is 16.3. The quantitative estimate of drug-likeness (QED) is 0.831. The number of anilines is 1. The molecule has 27 heavy (non-hydrogen) atoms. The molecule has 0 spiro atoms. The monoisotopic (exact) mass is 385 g/mol. The van der Waals surface area contributed by atoms with Gasteiger partial charge in [-0.2, -0.15) is 0 Å². The fourth-order valence-corrected chi connectivity index (χ4v) is 3.53. The SMILES string of the molecule is Cc1ccc(NC(=O)CNC(=O)C(C)N2CCc3ccccc3C2)c(Cl)c1. The summed E-state index contributed by atoms with van der Waals surface area (Å²) in [6.07, 6.45) is 0.931. The van der Waals surface area contributed by atoms with Gasteiger partial charge >= 0.3 is 0 Å². The van der Waals surface area contributed by atoms with Crippen LogP contribution in [-0.4, -0.2) is 35.8 Å². The summed E-state index contributed by atoms with van der Waals surface area (Å²) in [6, 6.07) is 13.4. The van der Waals surface area contributed by atoms with Crippen molar-refractivity contribution in [2.75, 3.05) is 18.4 Å². The Balaban J connectivity index is 1.51. The molecule has 1 heterocycles. The van der Waals surface area contributed by atoms with Crippen LogP contribution >= 0.6 is 11.6 Å². The van der Waals surface area contributed by atoms with Gasteiger partial charge in [-0.25, -0.2) is 0 Å². The molecule has 1 atom stereocenters. The number of nitrogens with one attached hydrogen (secondary N) is 2. The van der Waals surface area contributed by atoms with E-state index >= 15 is 0 Å². The topological polar surface area (TPSA) is 61.4 Å². The van der Waals surface area contributed by atoms with Gasteiger partial charge in [0.05, 0.1) is 23.3 Å². The molecule has 0 saturated carbocycles. The van der Waals surface area contributed by atoms with Crippen molar-refractivity contribution in [1.82, 2.24) is 10.2 Å². The largest absolute Gasteiger partial charge is 0.346 e. The van der Waals surface area contributed by atoms with Crippen LogP contribution in [-0.2, 0) is 22.6 Å². The molecule has 6 heteroatoms. The number of carbonyl (C=O) groups excluding carboxylic acids is 2. The molecule has 1 aliphatic heterocycles. The lowest BCUT2D eigenvalue weighted by molar-refractivity contribution is -0.128. The number of aryl methyl sites for hydroxylation is 1. The van der Waals surface area contributed by atoms with Gasteiger partial charge in [0.25, 0.3) is 0 Å². The second-order valence-corrected chi connectivity index (χ2v) is 7.32. The summed E-state index contributed by atoms with van der Waals surface area (Å²) in [4.78, 5) is 26.7. The highest BCUT2D eigenvalue weighted by Crippen LogP contribution is 2.22. The van der Waals surface area contributed by atoms with Gasteiger partial charge in [-0.3, -0.25) is 14.5 Å². The third-order valence-electron chi connectivity index (χ3n) is 4.91. The summed E-state index contributed by atoms with van der Waals surface area (Å²) in [5.74, 6) is -0.454. The van der Waals surface area contributed by atoms with E-state index in [4.69, 9.17) is 11.6 Å². The fraction of sp³-hybridized carbons (Fsp3) is 0.333. The van der Waals surface area contributed by atoms with Gasteiger partial charge in [0.2, 0.25) is 11.8 Å². The van der Waals surface area contributed by atoms with Crippen LogP contribution in [0.15, 0.2) is 42.5 Å². The molecule has 0 fully saturated rings. The summed E-state index contributed by atoms with van der Waals surface area (Å²) in [5, 5.41) is 5.93. The summed E-state index contributed by atoms with van der Waals surface area (Å²) in [6.45, 7) is 5.29. The molecule has 2 amide bonds. The van der Waals surface area contributed by atoms with Crippen LogP contribution in [0.2, 0.25) is 5.02 Å². The number of benzene rings is 2. The Labute approximate surface area is 164 Å². The molecule has 2 N–H and O–H groups in total. The number of nitrogens with zero attached hydrogens (tertiary/aromatic N) is 1. The molecule has 1 aliphatic rings. The minimum atomic E-state index is -0.301. The lowest BCUT2D eigenvalue weighted by Gasteiger charge is -2.32. The van der Waals surface area contributed by atoms with Gasteiger partial charge in [0.1, 0.15) is 0 Å². The van der Waals surface area contributed by atoms with Crippen molar-refractivity contribution in [3.8, 4) is 0 Å². The highest BCUT2D eigenvalue weighted by molar-refractivity contribution is 6.33. The van der Waals surface area contributed by atoms with Crippen molar-refractivity contribution in [3.63, 3.8) is 0 Å². The van der Waals surface area contributed by atoms with E-state index in [0.717, 1.165) is 25.1 Å². The highest BCUT2D eigenvalue weighted by atomic mass is 35.5. The number of hydrogen-bond donors (Lipinski definition) is 2. The first-order valence-corrected chi connectivity index (χ1v) is 9.46. The van der Waals surface area contributed by atoms with Crippen LogP contribution in [0.3, 0.4) is 0 Å². The van der Waals surface area contributed by atoms with E-state index in [1.165, 1.54) is 11.1 Å². The molecular formula is C21H24ClN3O2. The van der Waals surface area contributed by atoms with Crippen LogP contribution in [0.1, 0.15) is 23.6 Å². The first kappa shape index (κ1) is 19.4. The molecule has 3 rings (SSSR count). The maximum atomic E-state index is 12.5. The molecule has 1 unspecified atom stereocenters. The Morgan fingerprint density at radius 2 is 1.93 bits per heavy atom. The molecule has 0 bridgehead atoms. The Bertz CT molecular complexity index is 853. The first-order chi connectivity index (χ1) is 12.9. The number of halogens is 1. The average Bonchev–Trinajstić information content (AvgIpc) is 2.67. The molecule has 142 valence electrons. The second kappa shape index (κ2) is 8.55. The summed E-state index contributed by atoms with van der Waals surface area (Å²) < 4.78 is 0. The molecular weight excluding hydrogens is 362 g/mol. The lowest BCUT2D eigenvalue weighted by atomic mass is 9.99. The predicted octanol–water partition coefficient (Wildman–Crippen LogP) is 3.15. The van der Waals surface area contributed by atoms with E-state index in [2.05, 4.69) is 27.7 Å². The van der Waals surface area contributed by atoms with Crippen molar-refractivity contribution >= 4 is 29.1 Å². The Hall–Kier alpha value is -2.37. The van der Waals surface area contributed by atoms with Gasteiger partial charge in [0, 0.05) is 13.1 Å².